The van der Waals surface area contributed by atoms with Crippen molar-refractivity contribution in [2.75, 3.05) is 31.6 Å². The van der Waals surface area contributed by atoms with Crippen molar-refractivity contribution in [3.05, 3.63) is 48.2 Å². The Labute approximate surface area is 145 Å². The van der Waals surface area contributed by atoms with E-state index >= 15 is 0 Å². The van der Waals surface area contributed by atoms with Crippen LogP contribution in [0.15, 0.2) is 36.7 Å². The molecule has 0 spiro atoms. The first-order valence-corrected chi connectivity index (χ1v) is 8.09. The summed E-state index contributed by atoms with van der Waals surface area (Å²) in [6.45, 7) is 1.21. The van der Waals surface area contributed by atoms with E-state index in [-0.39, 0.29) is 18.1 Å². The topological polar surface area (TPSA) is 82.5 Å². The first kappa shape index (κ1) is 17.2. The van der Waals surface area contributed by atoms with Crippen molar-refractivity contribution in [3.63, 3.8) is 0 Å². The second-order valence-electron chi connectivity index (χ2n) is 6.35. The van der Waals surface area contributed by atoms with Gasteiger partial charge in [0.15, 0.2) is 5.69 Å². The van der Waals surface area contributed by atoms with Gasteiger partial charge in [0.2, 0.25) is 0 Å². The molecule has 0 unspecified atom stereocenters. The quantitative estimate of drug-likeness (QED) is 0.894. The Morgan fingerprint density at radius 1 is 1.44 bits per heavy atom. The molecule has 7 nitrogen and oxygen atoms in total. The number of likely N-dealkylation sites (N-methyl/N-ethyl adjacent to an activating group) is 1. The number of carbonyl (C=O) groups is 1. The zero-order valence-corrected chi connectivity index (χ0v) is 14.0. The lowest BCUT2D eigenvalue weighted by atomic mass is 9.92. The summed E-state index contributed by atoms with van der Waals surface area (Å²) >= 11 is 0. The number of aromatic nitrogens is 3. The molecule has 0 radical (unpaired) electrons. The molecular weight excluding hydrogens is 325 g/mol. The van der Waals surface area contributed by atoms with E-state index < -0.39 is 11.4 Å². The summed E-state index contributed by atoms with van der Waals surface area (Å²) < 4.78 is 13.0. The summed E-state index contributed by atoms with van der Waals surface area (Å²) in [6, 6.07) is 6.17. The number of carbonyl (C=O) groups excluding carboxylic acids is 1. The molecule has 1 fully saturated rings. The zero-order valence-electron chi connectivity index (χ0n) is 14.0. The highest BCUT2D eigenvalue weighted by Gasteiger charge is 2.36. The Morgan fingerprint density at radius 2 is 2.28 bits per heavy atom. The summed E-state index contributed by atoms with van der Waals surface area (Å²) in [4.78, 5) is 19.8. The number of rotatable bonds is 4. The fourth-order valence-electron chi connectivity index (χ4n) is 3.12. The number of amides is 1. The van der Waals surface area contributed by atoms with Crippen LogP contribution >= 0.6 is 0 Å². The van der Waals surface area contributed by atoms with Gasteiger partial charge in [0.25, 0.3) is 5.91 Å². The van der Waals surface area contributed by atoms with Gasteiger partial charge in [-0.15, -0.1) is 5.10 Å². The minimum atomic E-state index is -1.07. The van der Waals surface area contributed by atoms with E-state index in [1.54, 1.807) is 25.2 Å². The third kappa shape index (κ3) is 4.08. The fraction of sp³-hybridized carbons (Fsp3) is 0.412. The third-order valence-electron chi connectivity index (χ3n) is 4.26. The molecule has 1 N–H and O–H groups in total. The predicted molar refractivity (Wildman–Crippen MR) is 89.6 cm³/mol. The minimum absolute atomic E-state index is 0.167. The minimum Gasteiger partial charge on any atom is -0.386 e. The lowest BCUT2D eigenvalue weighted by Gasteiger charge is -2.41. The van der Waals surface area contributed by atoms with Crippen LogP contribution in [0, 0.1) is 5.82 Å². The van der Waals surface area contributed by atoms with Crippen LogP contribution in [0.3, 0.4) is 0 Å². The standard InChI is InChI=1S/C17H20FN5O2/c1-22(16(24)14-4-2-8-20-21-14)11-17(25)7-3-9-23(12-17)15-6-5-13(18)10-19-15/h2,4-6,8,10,25H,3,7,9,11-12H2,1H3/t17-/m0/s1. The van der Waals surface area contributed by atoms with Crippen molar-refractivity contribution >= 4 is 11.7 Å². The number of halogens is 1. The summed E-state index contributed by atoms with van der Waals surface area (Å²) in [5, 5.41) is 18.5. The molecule has 0 aromatic carbocycles. The Bertz CT molecular complexity index is 728. The van der Waals surface area contributed by atoms with Crippen molar-refractivity contribution < 1.29 is 14.3 Å². The Balaban J connectivity index is 1.68. The largest absolute Gasteiger partial charge is 0.386 e. The van der Waals surface area contributed by atoms with Crippen LogP contribution < -0.4 is 4.90 Å². The van der Waals surface area contributed by atoms with Gasteiger partial charge in [-0.3, -0.25) is 4.79 Å². The van der Waals surface area contributed by atoms with Gasteiger partial charge in [-0.1, -0.05) is 0 Å². The van der Waals surface area contributed by atoms with Crippen LogP contribution in [0.4, 0.5) is 10.2 Å². The van der Waals surface area contributed by atoms with Gasteiger partial charge < -0.3 is 14.9 Å². The number of piperidine rings is 1. The van der Waals surface area contributed by atoms with Crippen molar-refractivity contribution in [2.24, 2.45) is 0 Å². The SMILES string of the molecule is CN(C[C@@]1(O)CCCN(c2ccc(F)cn2)C1)C(=O)c1cccnn1. The molecule has 0 saturated carbocycles. The van der Waals surface area contributed by atoms with E-state index in [0.29, 0.717) is 18.8 Å². The van der Waals surface area contributed by atoms with E-state index in [2.05, 4.69) is 15.2 Å². The Kier molecular flexibility index (Phi) is 4.89. The van der Waals surface area contributed by atoms with Gasteiger partial charge in [-0.25, -0.2) is 9.37 Å². The maximum absolute atomic E-state index is 13.0. The highest BCUT2D eigenvalue weighted by atomic mass is 19.1. The molecule has 3 rings (SSSR count). The number of aliphatic hydroxyl groups is 1. The number of anilines is 1. The van der Waals surface area contributed by atoms with Crippen molar-refractivity contribution in [3.8, 4) is 0 Å². The van der Waals surface area contributed by atoms with Crippen LogP contribution in [-0.4, -0.2) is 63.4 Å². The first-order chi connectivity index (χ1) is 12.0. The van der Waals surface area contributed by atoms with E-state index in [0.717, 1.165) is 19.2 Å². The zero-order chi connectivity index (χ0) is 17.9. The highest BCUT2D eigenvalue weighted by molar-refractivity contribution is 5.91. The molecule has 0 aliphatic carbocycles. The number of pyridine rings is 1. The molecule has 1 aliphatic rings. The van der Waals surface area contributed by atoms with Crippen LogP contribution in [0.5, 0.6) is 0 Å². The predicted octanol–water partition coefficient (Wildman–Crippen LogP) is 1.11. The number of β-amino-alcohol motifs (C(OH)–C–C–N with tert-alkyl or cyclic N) is 1. The lowest BCUT2D eigenvalue weighted by Crippen LogP contribution is -2.55. The molecule has 2 aromatic rings. The third-order valence-corrected chi connectivity index (χ3v) is 4.26. The summed E-state index contributed by atoms with van der Waals surface area (Å²) in [6.07, 6.45) is 3.98. The molecule has 1 amide bonds. The number of hydrogen-bond acceptors (Lipinski definition) is 6. The maximum Gasteiger partial charge on any atom is 0.274 e. The van der Waals surface area contributed by atoms with E-state index in [1.807, 2.05) is 4.90 Å². The van der Waals surface area contributed by atoms with Gasteiger partial charge in [0.1, 0.15) is 11.6 Å². The summed E-state index contributed by atoms with van der Waals surface area (Å²) in [5.74, 6) is -0.0775. The molecule has 8 heteroatoms. The van der Waals surface area contributed by atoms with Gasteiger partial charge in [0, 0.05) is 26.3 Å². The van der Waals surface area contributed by atoms with Gasteiger partial charge in [-0.2, -0.15) is 5.10 Å². The van der Waals surface area contributed by atoms with Crippen LogP contribution in [0.1, 0.15) is 23.3 Å². The Morgan fingerprint density at radius 3 is 2.96 bits per heavy atom. The molecule has 132 valence electrons. The molecule has 3 heterocycles. The fourth-order valence-corrected chi connectivity index (χ4v) is 3.12. The second kappa shape index (κ2) is 7.10. The molecule has 0 bridgehead atoms. The van der Waals surface area contributed by atoms with E-state index in [1.165, 1.54) is 17.2 Å². The smallest absolute Gasteiger partial charge is 0.274 e. The highest BCUT2D eigenvalue weighted by Crippen LogP contribution is 2.26. The molecule has 1 atom stereocenters. The number of hydrogen-bond donors (Lipinski definition) is 1. The number of nitrogens with zero attached hydrogens (tertiary/aromatic N) is 5. The monoisotopic (exact) mass is 345 g/mol. The lowest BCUT2D eigenvalue weighted by molar-refractivity contribution is -0.000310. The van der Waals surface area contributed by atoms with E-state index in [4.69, 9.17) is 0 Å². The maximum atomic E-state index is 13.0. The van der Waals surface area contributed by atoms with Crippen LogP contribution in [0.2, 0.25) is 0 Å². The normalized spacial score (nSPS) is 20.4. The van der Waals surface area contributed by atoms with Gasteiger partial charge in [-0.05, 0) is 37.1 Å². The van der Waals surface area contributed by atoms with Crippen LogP contribution in [0.25, 0.3) is 0 Å². The molecule has 25 heavy (non-hydrogen) atoms. The van der Waals surface area contributed by atoms with Crippen molar-refractivity contribution in [1.82, 2.24) is 20.1 Å². The first-order valence-electron chi connectivity index (χ1n) is 8.09. The summed E-state index contributed by atoms with van der Waals surface area (Å²) in [7, 11) is 1.63. The molecule has 2 aromatic heterocycles. The molecule has 1 aliphatic heterocycles. The van der Waals surface area contributed by atoms with Crippen molar-refractivity contribution in [1.29, 1.82) is 0 Å². The van der Waals surface area contributed by atoms with E-state index in [9.17, 15) is 14.3 Å². The average Bonchev–Trinajstić information content (AvgIpc) is 2.62. The van der Waals surface area contributed by atoms with Gasteiger partial charge in [0.05, 0.1) is 18.3 Å². The summed E-state index contributed by atoms with van der Waals surface area (Å²) in [5.41, 5.74) is -0.831. The van der Waals surface area contributed by atoms with Crippen LogP contribution in [-0.2, 0) is 0 Å². The van der Waals surface area contributed by atoms with Crippen molar-refractivity contribution in [2.45, 2.75) is 18.4 Å². The Hall–Kier alpha value is -2.61. The molecular formula is C17H20FN5O2. The second-order valence-corrected chi connectivity index (χ2v) is 6.35. The average molecular weight is 345 g/mol. The van der Waals surface area contributed by atoms with Gasteiger partial charge >= 0.3 is 0 Å². The molecule has 1 saturated heterocycles.